The van der Waals surface area contributed by atoms with E-state index in [9.17, 15) is 0 Å². The van der Waals surface area contributed by atoms with Gasteiger partial charge in [0, 0.05) is 44.9 Å². The molecule has 0 amide bonds. The van der Waals surface area contributed by atoms with E-state index >= 15 is 0 Å². The second-order valence-electron chi connectivity index (χ2n) is 11.0. The van der Waals surface area contributed by atoms with Crippen molar-refractivity contribution in [3.05, 3.63) is 139 Å². The second kappa shape index (κ2) is 9.40. The molecule has 0 unspecified atom stereocenters. The van der Waals surface area contributed by atoms with Crippen LogP contribution in [-0.2, 0) is 0 Å². The van der Waals surface area contributed by atoms with Crippen LogP contribution >= 0.6 is 0 Å². The third-order valence-electron chi connectivity index (χ3n) is 8.56. The molecule has 1 aliphatic rings. The van der Waals surface area contributed by atoms with Gasteiger partial charge in [0.15, 0.2) is 0 Å². The van der Waals surface area contributed by atoms with Crippen molar-refractivity contribution in [3.63, 3.8) is 0 Å². The van der Waals surface area contributed by atoms with Crippen molar-refractivity contribution in [1.29, 1.82) is 0 Å². The van der Waals surface area contributed by atoms with Crippen LogP contribution in [0.1, 0.15) is 5.56 Å². The molecule has 202 valence electrons. The molecule has 43 heavy (non-hydrogen) atoms. The molecule has 0 aliphatic carbocycles. The van der Waals surface area contributed by atoms with Gasteiger partial charge in [-0.2, -0.15) is 0 Å². The summed E-state index contributed by atoms with van der Waals surface area (Å²) in [4.78, 5) is 10.3. The Kier molecular flexibility index (Phi) is 5.23. The van der Waals surface area contributed by atoms with Crippen LogP contribution < -0.4 is 5.32 Å². The van der Waals surface area contributed by atoms with Gasteiger partial charge in [0.05, 0.1) is 39.1 Å². The van der Waals surface area contributed by atoms with Gasteiger partial charge < -0.3 is 9.88 Å². The van der Waals surface area contributed by atoms with E-state index in [1.54, 1.807) is 0 Å². The van der Waals surface area contributed by atoms with Crippen molar-refractivity contribution in [1.82, 2.24) is 14.5 Å². The van der Waals surface area contributed by atoms with Gasteiger partial charge in [-0.25, -0.2) is 9.97 Å². The summed E-state index contributed by atoms with van der Waals surface area (Å²) in [6.07, 6.45) is 4.32. The molecular weight excluding hydrogens is 524 g/mol. The summed E-state index contributed by atoms with van der Waals surface area (Å²) in [5.41, 5.74) is 11.9. The predicted octanol–water partition coefficient (Wildman–Crippen LogP) is 9.65. The maximum atomic E-state index is 5.21. The molecule has 1 N–H and O–H groups in total. The molecule has 0 radical (unpaired) electrons. The van der Waals surface area contributed by atoms with Gasteiger partial charge in [0.25, 0.3) is 0 Å². The Labute approximate surface area is 248 Å². The molecule has 0 bridgehead atoms. The Hall–Kier alpha value is -5.74. The molecule has 9 rings (SSSR count). The summed E-state index contributed by atoms with van der Waals surface area (Å²) in [5, 5.41) is 8.17. The monoisotopic (exact) mass is 550 g/mol. The molecule has 0 fully saturated rings. The fraction of sp³-hybridized carbons (Fsp3) is 0.0256. The number of para-hydroxylation sites is 2. The highest BCUT2D eigenvalue weighted by atomic mass is 15.0. The van der Waals surface area contributed by atoms with E-state index in [0.717, 1.165) is 67.8 Å². The van der Waals surface area contributed by atoms with Crippen molar-refractivity contribution in [2.45, 2.75) is 0 Å². The number of hydrogen-bond donors (Lipinski definition) is 1. The molecule has 4 heterocycles. The molecule has 8 aromatic rings. The van der Waals surface area contributed by atoms with E-state index in [1.807, 2.05) is 0 Å². The highest BCUT2D eigenvalue weighted by molar-refractivity contribution is 6.22. The number of anilines is 1. The summed E-state index contributed by atoms with van der Waals surface area (Å²) in [6.45, 7) is 0.821. The van der Waals surface area contributed by atoms with Crippen molar-refractivity contribution in [3.8, 4) is 28.2 Å². The standard InChI is InChI=1S/C39H26N4/c1-2-9-26(10-3-1)36-35-31-13-5-7-15-34(31)43(39(35)30-12-4-6-14-33(30)42-36)29-21-18-25(19-22-29)32-23-20-28-17-16-27-11-8-24-40-37(27)38(28)41-32/h1-23,40H,24H2. The molecule has 0 saturated carbocycles. The van der Waals surface area contributed by atoms with Crippen LogP contribution in [0.2, 0.25) is 0 Å². The number of fused-ring (bicyclic) bond motifs is 8. The number of rotatable bonds is 3. The third-order valence-corrected chi connectivity index (χ3v) is 8.56. The summed E-state index contributed by atoms with van der Waals surface area (Å²) < 4.78 is 2.39. The first-order valence-corrected chi connectivity index (χ1v) is 14.7. The number of benzene rings is 5. The molecule has 4 nitrogen and oxygen atoms in total. The Morgan fingerprint density at radius 3 is 2.28 bits per heavy atom. The highest BCUT2D eigenvalue weighted by Gasteiger charge is 2.20. The lowest BCUT2D eigenvalue weighted by molar-refractivity contribution is 1.18. The highest BCUT2D eigenvalue weighted by Crippen LogP contribution is 2.41. The smallest absolute Gasteiger partial charge is 0.0947 e. The molecule has 0 spiro atoms. The minimum atomic E-state index is 0.821. The van der Waals surface area contributed by atoms with Crippen LogP contribution in [0.4, 0.5) is 5.69 Å². The lowest BCUT2D eigenvalue weighted by Gasteiger charge is -2.16. The van der Waals surface area contributed by atoms with Gasteiger partial charge in [-0.05, 0) is 35.9 Å². The molecule has 0 atom stereocenters. The summed E-state index contributed by atoms with van der Waals surface area (Å²) >= 11 is 0. The third kappa shape index (κ3) is 3.70. The zero-order chi connectivity index (χ0) is 28.3. The zero-order valence-electron chi connectivity index (χ0n) is 23.3. The molecule has 4 heteroatoms. The minimum absolute atomic E-state index is 0.821. The van der Waals surface area contributed by atoms with E-state index in [2.05, 4.69) is 149 Å². The normalized spacial score (nSPS) is 12.7. The van der Waals surface area contributed by atoms with E-state index in [0.29, 0.717) is 0 Å². The summed E-state index contributed by atoms with van der Waals surface area (Å²) in [7, 11) is 0. The zero-order valence-corrected chi connectivity index (χ0v) is 23.3. The maximum Gasteiger partial charge on any atom is 0.0947 e. The molecule has 1 aliphatic heterocycles. The van der Waals surface area contributed by atoms with Gasteiger partial charge in [-0.3, -0.25) is 0 Å². The quantitative estimate of drug-likeness (QED) is 0.238. The number of aromatic nitrogens is 3. The van der Waals surface area contributed by atoms with Crippen LogP contribution in [0.3, 0.4) is 0 Å². The van der Waals surface area contributed by atoms with E-state index in [1.165, 1.54) is 21.9 Å². The van der Waals surface area contributed by atoms with E-state index in [4.69, 9.17) is 9.97 Å². The predicted molar refractivity (Wildman–Crippen MR) is 180 cm³/mol. The number of pyridine rings is 2. The van der Waals surface area contributed by atoms with Gasteiger partial charge >= 0.3 is 0 Å². The Balaban J connectivity index is 1.26. The Morgan fingerprint density at radius 1 is 0.628 bits per heavy atom. The fourth-order valence-corrected chi connectivity index (χ4v) is 6.57. The average molecular weight is 551 g/mol. The van der Waals surface area contributed by atoms with Crippen molar-refractivity contribution < 1.29 is 0 Å². The maximum absolute atomic E-state index is 5.21. The lowest BCUT2D eigenvalue weighted by atomic mass is 10.0. The average Bonchev–Trinajstić information content (AvgIpc) is 3.44. The molecule has 3 aromatic heterocycles. The number of nitrogens with zero attached hydrogens (tertiary/aromatic N) is 3. The van der Waals surface area contributed by atoms with Crippen LogP contribution in [0.25, 0.3) is 77.9 Å². The second-order valence-corrected chi connectivity index (χ2v) is 11.0. The van der Waals surface area contributed by atoms with Gasteiger partial charge in [-0.1, -0.05) is 109 Å². The van der Waals surface area contributed by atoms with E-state index in [-0.39, 0.29) is 0 Å². The molecule has 5 aromatic carbocycles. The Morgan fingerprint density at radius 2 is 1.40 bits per heavy atom. The van der Waals surface area contributed by atoms with E-state index < -0.39 is 0 Å². The topological polar surface area (TPSA) is 42.7 Å². The van der Waals surface area contributed by atoms with Gasteiger partial charge in [0.2, 0.25) is 0 Å². The van der Waals surface area contributed by atoms with Gasteiger partial charge in [-0.15, -0.1) is 0 Å². The Bertz CT molecular complexity index is 2380. The molecular formula is C39H26N4. The first-order chi connectivity index (χ1) is 21.3. The first kappa shape index (κ1) is 23.9. The van der Waals surface area contributed by atoms with Crippen molar-refractivity contribution >= 4 is 55.4 Å². The van der Waals surface area contributed by atoms with Crippen molar-refractivity contribution in [2.75, 3.05) is 11.9 Å². The van der Waals surface area contributed by atoms with Crippen LogP contribution in [-0.4, -0.2) is 21.1 Å². The number of hydrogen-bond acceptors (Lipinski definition) is 3. The SMILES string of the molecule is C1=Cc2ccc3ccc(-c4ccc(-n5c6ccccc6c6c(-c7ccccc7)nc7ccccc7c65)cc4)nc3c2NC1. The van der Waals surface area contributed by atoms with Crippen LogP contribution in [0, 0.1) is 0 Å². The summed E-state index contributed by atoms with van der Waals surface area (Å²) in [6, 6.07) is 45.1. The van der Waals surface area contributed by atoms with Crippen LogP contribution in [0.5, 0.6) is 0 Å². The minimum Gasteiger partial charge on any atom is -0.379 e. The van der Waals surface area contributed by atoms with Crippen LogP contribution in [0.15, 0.2) is 133 Å². The lowest BCUT2D eigenvalue weighted by Crippen LogP contribution is -2.05. The largest absolute Gasteiger partial charge is 0.379 e. The summed E-state index contributed by atoms with van der Waals surface area (Å²) in [5.74, 6) is 0. The first-order valence-electron chi connectivity index (χ1n) is 14.7. The number of nitrogens with one attached hydrogen (secondary N) is 1. The van der Waals surface area contributed by atoms with Gasteiger partial charge in [0.1, 0.15) is 0 Å². The van der Waals surface area contributed by atoms with Crippen molar-refractivity contribution in [2.24, 2.45) is 0 Å². The fourth-order valence-electron chi connectivity index (χ4n) is 6.57. The molecule has 0 saturated heterocycles.